The van der Waals surface area contributed by atoms with E-state index in [1.54, 1.807) is 29.4 Å². The van der Waals surface area contributed by atoms with Gasteiger partial charge in [-0.05, 0) is 41.7 Å². The molecule has 2 aliphatic rings. The zero-order valence-electron chi connectivity index (χ0n) is 21.2. The monoisotopic (exact) mass is 515 g/mol. The fourth-order valence-electron chi connectivity index (χ4n) is 5.16. The molecule has 2 amide bonds. The summed E-state index contributed by atoms with van der Waals surface area (Å²) in [5, 5.41) is 13.3. The number of nitrogens with zero attached hydrogens (tertiary/aromatic N) is 2. The summed E-state index contributed by atoms with van der Waals surface area (Å²) in [5.41, 5.74) is 3.84. The van der Waals surface area contributed by atoms with Crippen LogP contribution in [-0.4, -0.2) is 70.9 Å². The van der Waals surface area contributed by atoms with Gasteiger partial charge in [0.1, 0.15) is 6.10 Å². The van der Waals surface area contributed by atoms with E-state index < -0.39 is 6.10 Å². The number of hydrogen-bond acceptors (Lipinski definition) is 6. The zero-order valence-corrected chi connectivity index (χ0v) is 21.2. The average Bonchev–Trinajstić information content (AvgIpc) is 2.95. The molecule has 0 bridgehead atoms. The fourth-order valence-corrected chi connectivity index (χ4v) is 5.16. The molecule has 1 aromatic heterocycles. The van der Waals surface area contributed by atoms with Crippen LogP contribution in [0.5, 0.6) is 0 Å². The van der Waals surface area contributed by atoms with Gasteiger partial charge in [-0.25, -0.2) is 0 Å². The minimum atomic E-state index is -0.771. The molecule has 8 heteroatoms. The Morgan fingerprint density at radius 1 is 0.947 bits per heavy atom. The largest absolute Gasteiger partial charge is 0.389 e. The molecule has 3 aromatic rings. The number of amides is 2. The molecule has 0 saturated carbocycles. The number of aliphatic hydroxyl groups is 1. The number of aliphatic hydroxyl groups excluding tert-OH is 1. The Kier molecular flexibility index (Phi) is 8.43. The van der Waals surface area contributed by atoms with Crippen molar-refractivity contribution in [3.8, 4) is 11.1 Å². The summed E-state index contributed by atoms with van der Waals surface area (Å²) in [7, 11) is 0. The average molecular weight is 516 g/mol. The second-order valence-corrected chi connectivity index (χ2v) is 9.87. The summed E-state index contributed by atoms with van der Waals surface area (Å²) in [4.78, 5) is 31.7. The van der Waals surface area contributed by atoms with Gasteiger partial charge >= 0.3 is 0 Å². The maximum Gasteiger partial charge on any atom is 0.254 e. The lowest BCUT2D eigenvalue weighted by Crippen LogP contribution is -2.57. The van der Waals surface area contributed by atoms with Gasteiger partial charge in [0.05, 0.1) is 37.9 Å². The van der Waals surface area contributed by atoms with Crippen molar-refractivity contribution < 1.29 is 24.2 Å². The molecule has 0 aliphatic carbocycles. The van der Waals surface area contributed by atoms with Crippen molar-refractivity contribution in [3.05, 3.63) is 90.3 Å². The first-order chi connectivity index (χ1) is 18.6. The van der Waals surface area contributed by atoms with Gasteiger partial charge in [-0.1, -0.05) is 54.6 Å². The summed E-state index contributed by atoms with van der Waals surface area (Å²) in [6, 6.07) is 21.4. The summed E-state index contributed by atoms with van der Waals surface area (Å²) in [6.45, 7) is 0.996. The van der Waals surface area contributed by atoms with E-state index in [1.165, 1.54) is 0 Å². The minimum Gasteiger partial charge on any atom is -0.389 e. The van der Waals surface area contributed by atoms with Crippen LogP contribution >= 0.6 is 0 Å². The predicted octanol–water partition coefficient (Wildman–Crippen LogP) is 3.20. The van der Waals surface area contributed by atoms with E-state index in [4.69, 9.17) is 9.47 Å². The first kappa shape index (κ1) is 26.0. The van der Waals surface area contributed by atoms with Gasteiger partial charge in [-0.2, -0.15) is 0 Å². The number of fused-ring (bicyclic) bond motifs is 1. The third kappa shape index (κ3) is 6.45. The zero-order chi connectivity index (χ0) is 26.3. The molecule has 5 rings (SSSR count). The highest BCUT2D eigenvalue weighted by atomic mass is 16.5. The van der Waals surface area contributed by atoms with Crippen LogP contribution in [0.2, 0.25) is 0 Å². The van der Waals surface area contributed by atoms with Crippen molar-refractivity contribution in [3.63, 3.8) is 0 Å². The molecule has 0 radical (unpaired) electrons. The molecule has 38 heavy (non-hydrogen) atoms. The highest BCUT2D eigenvalue weighted by molar-refractivity contribution is 5.94. The van der Waals surface area contributed by atoms with Crippen molar-refractivity contribution >= 4 is 11.8 Å². The van der Waals surface area contributed by atoms with Crippen LogP contribution in [0, 0.1) is 0 Å². The topological polar surface area (TPSA) is 101 Å². The van der Waals surface area contributed by atoms with Crippen LogP contribution in [0.3, 0.4) is 0 Å². The smallest absolute Gasteiger partial charge is 0.254 e. The Bertz CT molecular complexity index is 1210. The van der Waals surface area contributed by atoms with Crippen molar-refractivity contribution in [2.45, 2.75) is 50.2 Å². The van der Waals surface area contributed by atoms with Gasteiger partial charge in [0, 0.05) is 31.0 Å². The molecular formula is C30H33N3O5. The Labute approximate surface area is 222 Å². The number of benzene rings is 2. The molecule has 2 saturated heterocycles. The molecule has 8 nitrogen and oxygen atoms in total. The van der Waals surface area contributed by atoms with Crippen LogP contribution in [0.15, 0.2) is 79.1 Å². The van der Waals surface area contributed by atoms with Gasteiger partial charge in [0.2, 0.25) is 5.91 Å². The number of ether oxygens (including phenoxy) is 2. The molecule has 198 valence electrons. The number of nitrogens with one attached hydrogen (secondary N) is 1. The van der Waals surface area contributed by atoms with Crippen molar-refractivity contribution in [1.29, 1.82) is 0 Å². The van der Waals surface area contributed by atoms with Crippen LogP contribution in [-0.2, 0) is 20.8 Å². The number of hydrogen-bond donors (Lipinski definition) is 2. The van der Waals surface area contributed by atoms with Gasteiger partial charge < -0.3 is 24.8 Å². The first-order valence-electron chi connectivity index (χ1n) is 13.1. The van der Waals surface area contributed by atoms with E-state index in [2.05, 4.69) is 34.6 Å². The third-order valence-corrected chi connectivity index (χ3v) is 7.13. The summed E-state index contributed by atoms with van der Waals surface area (Å²) < 4.78 is 12.0. The van der Waals surface area contributed by atoms with Gasteiger partial charge in [0.25, 0.3) is 5.91 Å². The lowest BCUT2D eigenvalue weighted by Gasteiger charge is -2.44. The molecule has 3 heterocycles. The third-order valence-electron chi connectivity index (χ3n) is 7.13. The highest BCUT2D eigenvalue weighted by Gasteiger charge is 2.40. The van der Waals surface area contributed by atoms with Crippen molar-refractivity contribution in [2.24, 2.45) is 0 Å². The van der Waals surface area contributed by atoms with Crippen LogP contribution in [0.1, 0.15) is 35.2 Å². The summed E-state index contributed by atoms with van der Waals surface area (Å²) in [6.07, 6.45) is 3.30. The number of rotatable bonds is 6. The lowest BCUT2D eigenvalue weighted by molar-refractivity contribution is -0.151. The van der Waals surface area contributed by atoms with E-state index in [0.29, 0.717) is 24.9 Å². The van der Waals surface area contributed by atoms with Crippen molar-refractivity contribution in [2.75, 3.05) is 19.8 Å². The molecule has 2 N–H and O–H groups in total. The number of carbonyl (C=O) groups is 2. The number of carbonyl (C=O) groups excluding carboxylic acids is 2. The minimum absolute atomic E-state index is 0.0764. The van der Waals surface area contributed by atoms with Crippen LogP contribution in [0.25, 0.3) is 11.1 Å². The van der Waals surface area contributed by atoms with E-state index >= 15 is 0 Å². The molecule has 4 atom stereocenters. The molecule has 2 aromatic carbocycles. The van der Waals surface area contributed by atoms with E-state index in [0.717, 1.165) is 16.7 Å². The first-order valence-corrected chi connectivity index (χ1v) is 13.1. The quantitative estimate of drug-likeness (QED) is 0.523. The van der Waals surface area contributed by atoms with Gasteiger partial charge in [0.15, 0.2) is 0 Å². The summed E-state index contributed by atoms with van der Waals surface area (Å²) in [5.74, 6) is -0.242. The number of aromatic nitrogens is 1. The molecule has 2 fully saturated rings. The second kappa shape index (κ2) is 12.3. The van der Waals surface area contributed by atoms with Gasteiger partial charge in [-0.15, -0.1) is 0 Å². The Morgan fingerprint density at radius 3 is 2.45 bits per heavy atom. The van der Waals surface area contributed by atoms with Gasteiger partial charge in [-0.3, -0.25) is 14.6 Å². The summed E-state index contributed by atoms with van der Waals surface area (Å²) >= 11 is 0. The molecular weight excluding hydrogens is 482 g/mol. The fraction of sp³-hybridized carbons (Fsp3) is 0.367. The Hall–Kier alpha value is -3.59. The maximum atomic E-state index is 13.3. The van der Waals surface area contributed by atoms with E-state index in [1.807, 2.05) is 30.3 Å². The standard InChI is InChI=1S/C30H33N3O5/c34-25-18-33(30(36)24-12-14-31-15-13-24)27-11-10-26(38-28(27)20-37-19-25)16-29(35)32-17-21-6-8-23(9-7-21)22-4-2-1-3-5-22/h1-9,12-15,25-28,34H,10-11,16-20H2,(H,32,35)/t25-,26-,27-,28+/m1/s1. The van der Waals surface area contributed by atoms with Crippen molar-refractivity contribution in [1.82, 2.24) is 15.2 Å². The second-order valence-electron chi connectivity index (χ2n) is 9.87. The molecule has 0 unspecified atom stereocenters. The van der Waals surface area contributed by atoms with Crippen LogP contribution < -0.4 is 5.32 Å². The van der Waals surface area contributed by atoms with E-state index in [9.17, 15) is 14.7 Å². The Balaban J connectivity index is 1.16. The molecule has 0 spiro atoms. The molecule has 2 aliphatic heterocycles. The SMILES string of the molecule is O=C(C[C@H]1CC[C@@H]2[C@H](COC[C@H](O)CN2C(=O)c2ccncc2)O1)NCc1ccc(-c2ccccc2)cc1. The normalized spacial score (nSPS) is 23.6. The highest BCUT2D eigenvalue weighted by Crippen LogP contribution is 2.29. The lowest BCUT2D eigenvalue weighted by atomic mass is 9.94. The Morgan fingerprint density at radius 2 is 1.68 bits per heavy atom. The van der Waals surface area contributed by atoms with E-state index in [-0.39, 0.29) is 56.2 Å². The number of pyridine rings is 1. The van der Waals surface area contributed by atoms with Crippen LogP contribution in [0.4, 0.5) is 0 Å². The number of β-amino-alcohol motifs (C(OH)–C–C–N with tert-alkyl or cyclic N) is 1. The predicted molar refractivity (Wildman–Crippen MR) is 142 cm³/mol. The maximum absolute atomic E-state index is 13.3.